The van der Waals surface area contributed by atoms with Crippen LogP contribution in [0.25, 0.3) is 5.70 Å². The lowest BCUT2D eigenvalue weighted by Gasteiger charge is -2.16. The molecule has 2 heterocycles. The van der Waals surface area contributed by atoms with Gasteiger partial charge in [0.05, 0.1) is 23.0 Å². The number of rotatable bonds is 7. The first-order valence-electron chi connectivity index (χ1n) is 11.1. The molecule has 0 radical (unpaired) electrons. The summed E-state index contributed by atoms with van der Waals surface area (Å²) in [6.45, 7) is 5.46. The number of carbonyl (C=O) groups is 1. The standard InChI is InChI=1S/C24H23F2N7O/c1-13(31-23-29-8-9-30-23)15-10-17(14-2-3-14)20(18(25)11-15)32-21-19(26)16(4-7-28-21)22(34)33-24(12-27)5-6-24/h4,7,10-11,14H,1-3,5-6,8-9H2,(H,28,32)(H,33,34)(H2,29,30,31). The third-order valence-electron chi connectivity index (χ3n) is 6.12. The number of anilines is 2. The second-order valence-corrected chi connectivity index (χ2v) is 8.75. The van der Waals surface area contributed by atoms with Gasteiger partial charge in [-0.3, -0.25) is 4.79 Å². The van der Waals surface area contributed by atoms with Gasteiger partial charge in [-0.25, -0.2) is 18.8 Å². The second-order valence-electron chi connectivity index (χ2n) is 8.75. The van der Waals surface area contributed by atoms with E-state index in [0.717, 1.165) is 25.9 Å². The van der Waals surface area contributed by atoms with Gasteiger partial charge in [0, 0.05) is 24.8 Å². The Morgan fingerprint density at radius 1 is 1.26 bits per heavy atom. The van der Waals surface area contributed by atoms with Crippen LogP contribution in [-0.2, 0) is 0 Å². The summed E-state index contributed by atoms with van der Waals surface area (Å²) in [4.78, 5) is 20.9. The quantitative estimate of drug-likeness (QED) is 0.501. The Morgan fingerprint density at radius 3 is 2.65 bits per heavy atom. The van der Waals surface area contributed by atoms with Gasteiger partial charge in [-0.05, 0) is 55.4 Å². The van der Waals surface area contributed by atoms with E-state index in [1.165, 1.54) is 18.3 Å². The zero-order chi connectivity index (χ0) is 23.9. The molecule has 1 aliphatic heterocycles. The minimum absolute atomic E-state index is 0.114. The van der Waals surface area contributed by atoms with Gasteiger partial charge in [-0.2, -0.15) is 5.26 Å². The Labute approximate surface area is 195 Å². The molecule has 1 aromatic heterocycles. The highest BCUT2D eigenvalue weighted by Crippen LogP contribution is 2.46. The van der Waals surface area contributed by atoms with Crippen molar-refractivity contribution in [2.75, 3.05) is 18.4 Å². The molecule has 10 heteroatoms. The van der Waals surface area contributed by atoms with Crippen molar-refractivity contribution >= 4 is 29.1 Å². The van der Waals surface area contributed by atoms with E-state index < -0.39 is 23.1 Å². The third-order valence-corrected chi connectivity index (χ3v) is 6.12. The summed E-state index contributed by atoms with van der Waals surface area (Å²) in [6.07, 6.45) is 4.10. The number of pyridine rings is 1. The van der Waals surface area contributed by atoms with E-state index in [1.54, 1.807) is 0 Å². The summed E-state index contributed by atoms with van der Waals surface area (Å²) >= 11 is 0. The highest BCUT2D eigenvalue weighted by atomic mass is 19.1. The number of nitrogens with one attached hydrogen (secondary N) is 4. The lowest BCUT2D eigenvalue weighted by Crippen LogP contribution is -2.36. The average molecular weight is 463 g/mol. The Morgan fingerprint density at radius 2 is 2.00 bits per heavy atom. The fourth-order valence-corrected chi connectivity index (χ4v) is 3.84. The monoisotopic (exact) mass is 463 g/mol. The molecule has 1 aromatic carbocycles. The van der Waals surface area contributed by atoms with Crippen LogP contribution in [0.2, 0.25) is 0 Å². The van der Waals surface area contributed by atoms with Crippen LogP contribution in [-0.4, -0.2) is 35.5 Å². The smallest absolute Gasteiger partial charge is 0.255 e. The molecule has 2 aliphatic carbocycles. The topological polar surface area (TPSA) is 114 Å². The summed E-state index contributed by atoms with van der Waals surface area (Å²) in [6, 6.07) is 6.38. The zero-order valence-electron chi connectivity index (χ0n) is 18.3. The lowest BCUT2D eigenvalue weighted by molar-refractivity contribution is 0.0937. The van der Waals surface area contributed by atoms with Gasteiger partial charge in [0.2, 0.25) is 0 Å². The van der Waals surface area contributed by atoms with Crippen molar-refractivity contribution in [2.45, 2.75) is 37.1 Å². The summed E-state index contributed by atoms with van der Waals surface area (Å²) in [5.74, 6) is -1.75. The predicted molar refractivity (Wildman–Crippen MR) is 123 cm³/mol. The Hall–Kier alpha value is -4.00. The zero-order valence-corrected chi connectivity index (χ0v) is 18.3. The lowest BCUT2D eigenvalue weighted by atomic mass is 10.0. The molecule has 5 rings (SSSR count). The van der Waals surface area contributed by atoms with Crippen molar-refractivity contribution in [3.05, 3.63) is 59.3 Å². The molecule has 174 valence electrons. The first-order valence-corrected chi connectivity index (χ1v) is 11.1. The molecular weight excluding hydrogens is 440 g/mol. The minimum atomic E-state index is -0.934. The number of amides is 1. The molecule has 2 aromatic rings. The SMILES string of the molecule is C=C(N=C1NCCN1)c1cc(F)c(Nc2nccc(C(=O)NC3(C#N)CC3)c2F)c(C2CC2)c1. The van der Waals surface area contributed by atoms with Crippen molar-refractivity contribution in [1.29, 1.82) is 5.26 Å². The van der Waals surface area contributed by atoms with Crippen molar-refractivity contribution in [1.82, 2.24) is 20.9 Å². The summed E-state index contributed by atoms with van der Waals surface area (Å²) in [5, 5.41) is 20.7. The van der Waals surface area contributed by atoms with E-state index in [2.05, 4.69) is 37.8 Å². The molecule has 8 nitrogen and oxygen atoms in total. The first kappa shape index (κ1) is 21.8. The van der Waals surface area contributed by atoms with Crippen LogP contribution >= 0.6 is 0 Å². The first-order chi connectivity index (χ1) is 16.4. The number of nitriles is 1. The number of aliphatic imine (C=N–C) groups is 1. The fraction of sp³-hybridized carbons (Fsp3) is 0.333. The van der Waals surface area contributed by atoms with Crippen LogP contribution in [0.1, 0.15) is 53.1 Å². The molecule has 34 heavy (non-hydrogen) atoms. The van der Waals surface area contributed by atoms with Crippen LogP contribution in [0.15, 0.2) is 36.0 Å². The molecule has 0 unspecified atom stereocenters. The molecule has 1 amide bonds. The fourth-order valence-electron chi connectivity index (χ4n) is 3.84. The summed E-state index contributed by atoms with van der Waals surface area (Å²) < 4.78 is 30.5. The Balaban J connectivity index is 1.43. The van der Waals surface area contributed by atoms with E-state index >= 15 is 8.78 Å². The van der Waals surface area contributed by atoms with Crippen LogP contribution < -0.4 is 21.3 Å². The van der Waals surface area contributed by atoms with E-state index in [1.807, 2.05) is 12.1 Å². The maximum atomic E-state index is 15.3. The van der Waals surface area contributed by atoms with Gasteiger partial charge in [0.15, 0.2) is 17.6 Å². The number of hydrogen-bond donors (Lipinski definition) is 4. The van der Waals surface area contributed by atoms with E-state index in [0.29, 0.717) is 35.6 Å². The van der Waals surface area contributed by atoms with Gasteiger partial charge in [-0.1, -0.05) is 6.58 Å². The van der Waals surface area contributed by atoms with E-state index in [4.69, 9.17) is 0 Å². The average Bonchev–Trinajstić information content (AvgIpc) is 3.75. The summed E-state index contributed by atoms with van der Waals surface area (Å²) in [5.41, 5.74) is 0.533. The molecule has 4 N–H and O–H groups in total. The van der Waals surface area contributed by atoms with E-state index in [-0.39, 0.29) is 23.0 Å². The molecule has 1 saturated heterocycles. The number of benzene rings is 1. The maximum absolute atomic E-state index is 15.3. The largest absolute Gasteiger partial charge is 0.354 e. The van der Waals surface area contributed by atoms with Gasteiger partial charge in [0.25, 0.3) is 5.91 Å². The number of carbonyl (C=O) groups excluding carboxylic acids is 1. The number of hydrogen-bond acceptors (Lipinski definition) is 5. The molecule has 0 atom stereocenters. The van der Waals surface area contributed by atoms with Crippen molar-refractivity contribution < 1.29 is 13.6 Å². The highest BCUT2D eigenvalue weighted by molar-refractivity contribution is 5.96. The third kappa shape index (κ3) is 4.29. The Kier molecular flexibility index (Phi) is 5.40. The number of nitrogens with zero attached hydrogens (tertiary/aromatic N) is 3. The van der Waals surface area contributed by atoms with Gasteiger partial charge >= 0.3 is 0 Å². The van der Waals surface area contributed by atoms with Gasteiger partial charge in [0.1, 0.15) is 11.4 Å². The van der Waals surface area contributed by atoms with Crippen LogP contribution in [0, 0.1) is 23.0 Å². The molecular formula is C24H23F2N7O. The highest BCUT2D eigenvalue weighted by Gasteiger charge is 2.45. The summed E-state index contributed by atoms with van der Waals surface area (Å²) in [7, 11) is 0. The normalized spacial score (nSPS) is 17.7. The van der Waals surface area contributed by atoms with E-state index in [9.17, 15) is 10.1 Å². The van der Waals surface area contributed by atoms with Crippen LogP contribution in [0.3, 0.4) is 0 Å². The predicted octanol–water partition coefficient (Wildman–Crippen LogP) is 3.29. The second kappa shape index (κ2) is 8.41. The van der Waals surface area contributed by atoms with Crippen molar-refractivity contribution in [3.8, 4) is 6.07 Å². The molecule has 3 aliphatic rings. The number of aromatic nitrogens is 1. The minimum Gasteiger partial charge on any atom is -0.354 e. The van der Waals surface area contributed by atoms with Gasteiger partial charge < -0.3 is 21.3 Å². The van der Waals surface area contributed by atoms with Crippen LogP contribution in [0.5, 0.6) is 0 Å². The number of guanidine groups is 1. The van der Waals surface area contributed by atoms with Gasteiger partial charge in [-0.15, -0.1) is 0 Å². The molecule has 2 saturated carbocycles. The molecule has 0 spiro atoms. The Bertz CT molecular complexity index is 1250. The van der Waals surface area contributed by atoms with Crippen molar-refractivity contribution in [2.24, 2.45) is 4.99 Å². The number of halogens is 2. The van der Waals surface area contributed by atoms with Crippen molar-refractivity contribution in [3.63, 3.8) is 0 Å². The molecule has 0 bridgehead atoms. The molecule has 3 fully saturated rings. The van der Waals surface area contributed by atoms with Crippen LogP contribution in [0.4, 0.5) is 20.3 Å². The maximum Gasteiger partial charge on any atom is 0.255 e.